The van der Waals surface area contributed by atoms with E-state index in [2.05, 4.69) is 5.92 Å². The van der Waals surface area contributed by atoms with Crippen LogP contribution in [0.3, 0.4) is 0 Å². The highest BCUT2D eigenvalue weighted by Crippen LogP contribution is 2.30. The van der Waals surface area contributed by atoms with Crippen molar-refractivity contribution < 1.29 is 17.9 Å². The molecule has 0 bridgehead atoms. The van der Waals surface area contributed by atoms with Gasteiger partial charge in [0.25, 0.3) is 0 Å². The van der Waals surface area contributed by atoms with Gasteiger partial charge < -0.3 is 4.74 Å². The summed E-state index contributed by atoms with van der Waals surface area (Å²) in [7, 11) is -3.88. The summed E-state index contributed by atoms with van der Waals surface area (Å²) in [5.41, 5.74) is 1.85. The quantitative estimate of drug-likeness (QED) is 0.451. The van der Waals surface area contributed by atoms with Gasteiger partial charge in [-0.3, -0.25) is 4.31 Å². The van der Waals surface area contributed by atoms with Gasteiger partial charge in [0, 0.05) is 0 Å². The van der Waals surface area contributed by atoms with Gasteiger partial charge in [0.2, 0.25) is 10.0 Å². The molecule has 1 atom stereocenters. The average Bonchev–Trinajstić information content (AvgIpc) is 2.47. The van der Waals surface area contributed by atoms with E-state index in [1.165, 1.54) is 6.92 Å². The first kappa shape index (κ1) is 18.3. The number of rotatable bonds is 6. The van der Waals surface area contributed by atoms with E-state index in [0.29, 0.717) is 16.8 Å². The maximum atomic E-state index is 12.4. The van der Waals surface area contributed by atoms with Crippen molar-refractivity contribution in [2.45, 2.75) is 26.8 Å². The van der Waals surface area contributed by atoms with Gasteiger partial charge in [0.1, 0.15) is 11.3 Å². The van der Waals surface area contributed by atoms with Crippen molar-refractivity contribution in [2.75, 3.05) is 16.1 Å². The molecular weight excluding hydrogens is 326 g/mol. The zero-order chi connectivity index (χ0) is 16.9. The largest absolute Gasteiger partial charge is 0.451 e. The molecule has 1 aromatic carbocycles. The van der Waals surface area contributed by atoms with Gasteiger partial charge in [0.15, 0.2) is 6.61 Å². The minimum absolute atomic E-state index is 0.218. The maximum Gasteiger partial charge on any atom is 0.330 e. The van der Waals surface area contributed by atoms with Crippen LogP contribution in [-0.2, 0) is 19.6 Å². The van der Waals surface area contributed by atoms with E-state index in [-0.39, 0.29) is 6.61 Å². The third kappa shape index (κ3) is 3.93. The Labute approximate surface area is 136 Å². The number of anilines is 1. The van der Waals surface area contributed by atoms with Crippen molar-refractivity contribution in [1.82, 2.24) is 0 Å². The van der Waals surface area contributed by atoms with Gasteiger partial charge in [-0.15, -0.1) is 18.0 Å². The van der Waals surface area contributed by atoms with Gasteiger partial charge in [0.05, 0.1) is 5.69 Å². The van der Waals surface area contributed by atoms with Crippen LogP contribution in [0, 0.1) is 26.2 Å². The maximum absolute atomic E-state index is 12.4. The summed E-state index contributed by atoms with van der Waals surface area (Å²) in [4.78, 5) is 12.0. The summed E-state index contributed by atoms with van der Waals surface area (Å²) in [6, 6.07) is 4.26. The lowest BCUT2D eigenvalue weighted by atomic mass is 10.1. The molecule has 0 N–H and O–H groups in total. The van der Waals surface area contributed by atoms with E-state index in [4.69, 9.17) is 22.8 Å². The molecule has 0 spiro atoms. The van der Waals surface area contributed by atoms with Crippen molar-refractivity contribution in [2.24, 2.45) is 0 Å². The molecule has 1 aromatic rings. The van der Waals surface area contributed by atoms with Gasteiger partial charge in [-0.2, -0.15) is 0 Å². The van der Waals surface area contributed by atoms with Crippen LogP contribution in [0.2, 0.25) is 0 Å². The number of halogens is 1. The van der Waals surface area contributed by atoms with Crippen LogP contribution >= 0.6 is 11.6 Å². The third-order valence-corrected chi connectivity index (χ3v) is 5.29. The molecule has 0 fully saturated rings. The molecule has 120 valence electrons. The lowest BCUT2D eigenvalue weighted by molar-refractivity contribution is -0.143. The van der Waals surface area contributed by atoms with E-state index in [1.807, 2.05) is 0 Å². The van der Waals surface area contributed by atoms with E-state index in [9.17, 15) is 13.2 Å². The van der Waals surface area contributed by atoms with E-state index in [1.54, 1.807) is 32.0 Å². The first-order chi connectivity index (χ1) is 10.3. The zero-order valence-corrected chi connectivity index (χ0v) is 14.2. The molecule has 0 aliphatic rings. The minimum atomic E-state index is -3.88. The Kier molecular flexibility index (Phi) is 6.27. The number of terminal acetylenes is 1. The lowest BCUT2D eigenvalue weighted by Crippen LogP contribution is -2.45. The summed E-state index contributed by atoms with van der Waals surface area (Å²) in [5.74, 6) is 1.44. The first-order valence-electron chi connectivity index (χ1n) is 6.50. The molecule has 0 heterocycles. The van der Waals surface area contributed by atoms with E-state index >= 15 is 0 Å². The molecule has 0 radical (unpaired) electrons. The van der Waals surface area contributed by atoms with Crippen LogP contribution in [0.15, 0.2) is 18.2 Å². The number of alkyl halides is 1. The van der Waals surface area contributed by atoms with Crippen molar-refractivity contribution in [3.05, 3.63) is 29.3 Å². The number of aryl methyl sites for hydroxylation is 2. The number of benzene rings is 1. The smallest absolute Gasteiger partial charge is 0.330 e. The highest BCUT2D eigenvalue weighted by atomic mass is 35.5. The topological polar surface area (TPSA) is 63.7 Å². The van der Waals surface area contributed by atoms with E-state index in [0.717, 1.165) is 4.31 Å². The number of nitrogens with zero attached hydrogens (tertiary/aromatic N) is 1. The molecule has 0 aliphatic heterocycles. The molecule has 7 heteroatoms. The Balaban J connectivity index is 3.39. The fourth-order valence-electron chi connectivity index (χ4n) is 2.11. The standard InChI is InChI=1S/C15H18ClNO4S/c1-5-9-21-15(18)13(4)17(22(19,20)10-16)14-11(2)7-6-8-12(14)3/h1,6-8,13H,9-10H2,2-4H3. The number of esters is 1. The molecule has 0 aromatic heterocycles. The second kappa shape index (κ2) is 7.52. The van der Waals surface area contributed by atoms with Crippen molar-refractivity contribution in [3.63, 3.8) is 0 Å². The Morgan fingerprint density at radius 2 is 1.95 bits per heavy atom. The molecule has 1 unspecified atom stereocenters. The third-order valence-electron chi connectivity index (χ3n) is 3.09. The fraction of sp³-hybridized carbons (Fsp3) is 0.400. The molecule has 5 nitrogen and oxygen atoms in total. The molecule has 22 heavy (non-hydrogen) atoms. The molecule has 0 saturated carbocycles. The molecule has 1 rings (SSSR count). The SMILES string of the molecule is C#CCOC(=O)C(C)N(c1c(C)cccc1C)S(=O)(=O)CCl. The lowest BCUT2D eigenvalue weighted by Gasteiger charge is -2.30. The van der Waals surface area contributed by atoms with E-state index < -0.39 is 27.2 Å². The summed E-state index contributed by atoms with van der Waals surface area (Å²) in [5, 5.41) is -0.645. The van der Waals surface area contributed by atoms with Crippen molar-refractivity contribution in [3.8, 4) is 12.3 Å². The van der Waals surface area contributed by atoms with Crippen LogP contribution < -0.4 is 4.31 Å². The molecular formula is C15H18ClNO4S. The Morgan fingerprint density at radius 1 is 1.41 bits per heavy atom. The number of para-hydroxylation sites is 1. The summed E-state index contributed by atoms with van der Waals surface area (Å²) in [6.45, 7) is 4.75. The van der Waals surface area contributed by atoms with Gasteiger partial charge in [-0.25, -0.2) is 13.2 Å². The van der Waals surface area contributed by atoms with Gasteiger partial charge in [-0.05, 0) is 31.9 Å². The number of hydrogen-bond acceptors (Lipinski definition) is 4. The molecule has 0 amide bonds. The molecule has 0 saturated heterocycles. The second-order valence-electron chi connectivity index (χ2n) is 4.75. The van der Waals surface area contributed by atoms with Crippen molar-refractivity contribution in [1.29, 1.82) is 0 Å². The van der Waals surface area contributed by atoms with Crippen LogP contribution in [-0.4, -0.2) is 32.2 Å². The number of hydrogen-bond donors (Lipinski definition) is 0. The van der Waals surface area contributed by atoms with Crippen LogP contribution in [0.4, 0.5) is 5.69 Å². The monoisotopic (exact) mass is 343 g/mol. The highest BCUT2D eigenvalue weighted by Gasteiger charge is 2.34. The summed E-state index contributed by atoms with van der Waals surface area (Å²) in [6.07, 6.45) is 5.04. The predicted octanol–water partition coefficient (Wildman–Crippen LogP) is 2.20. The first-order valence-corrected chi connectivity index (χ1v) is 8.65. The normalized spacial score (nSPS) is 12.3. The second-order valence-corrected chi connectivity index (χ2v) is 7.18. The van der Waals surface area contributed by atoms with Crippen LogP contribution in [0.1, 0.15) is 18.1 Å². The number of sulfonamides is 1. The van der Waals surface area contributed by atoms with Crippen LogP contribution in [0.25, 0.3) is 0 Å². The highest BCUT2D eigenvalue weighted by molar-refractivity contribution is 7.94. The number of carbonyl (C=O) groups excluding carboxylic acids is 1. The Bertz CT molecular complexity index is 674. The Hall–Kier alpha value is -1.71. The minimum Gasteiger partial charge on any atom is -0.451 e. The molecule has 0 aliphatic carbocycles. The van der Waals surface area contributed by atoms with Gasteiger partial charge >= 0.3 is 5.97 Å². The predicted molar refractivity (Wildman–Crippen MR) is 87.3 cm³/mol. The number of ether oxygens (including phenoxy) is 1. The fourth-order valence-corrected chi connectivity index (χ4v) is 3.66. The summed E-state index contributed by atoms with van der Waals surface area (Å²) < 4.78 is 30.6. The average molecular weight is 344 g/mol. The zero-order valence-electron chi connectivity index (χ0n) is 12.7. The summed E-state index contributed by atoms with van der Waals surface area (Å²) >= 11 is 5.58. The van der Waals surface area contributed by atoms with Crippen LogP contribution in [0.5, 0.6) is 0 Å². The van der Waals surface area contributed by atoms with Crippen molar-refractivity contribution >= 4 is 33.3 Å². The Morgan fingerprint density at radius 3 is 2.41 bits per heavy atom. The number of carbonyl (C=O) groups is 1. The van der Waals surface area contributed by atoms with Gasteiger partial charge in [-0.1, -0.05) is 24.1 Å².